The van der Waals surface area contributed by atoms with E-state index in [2.05, 4.69) is 35.3 Å². The van der Waals surface area contributed by atoms with Gasteiger partial charge in [0.05, 0.1) is 0 Å². The van der Waals surface area contributed by atoms with E-state index in [0.29, 0.717) is 19.4 Å². The lowest BCUT2D eigenvalue weighted by Gasteiger charge is -2.24. The molecule has 0 heterocycles. The Balaban J connectivity index is 4.15. The quantitative estimate of drug-likeness (QED) is 0.0312. The molecule has 0 aliphatic carbocycles. The number of nitrogens with two attached hydrogens (primary N) is 1. The molecule has 8 nitrogen and oxygen atoms in total. The first-order chi connectivity index (χ1) is 26.6. The van der Waals surface area contributed by atoms with Crippen molar-refractivity contribution in [3.05, 3.63) is 0 Å². The van der Waals surface area contributed by atoms with Crippen LogP contribution in [0.1, 0.15) is 245 Å². The van der Waals surface area contributed by atoms with E-state index in [4.69, 9.17) is 5.73 Å². The smallest absolute Gasteiger partial charge is 0.235 e. The number of carbonyl (C=O) groups excluding carboxylic acids is 2. The van der Waals surface area contributed by atoms with Crippen molar-refractivity contribution in [2.75, 3.05) is 39.3 Å². The van der Waals surface area contributed by atoms with E-state index in [0.717, 1.165) is 84.1 Å². The Kier molecular flexibility index (Phi) is 45.1. The van der Waals surface area contributed by atoms with Gasteiger partial charge in [-0.15, -0.1) is 5.12 Å². The van der Waals surface area contributed by atoms with E-state index >= 15 is 0 Å². The third-order valence-corrected chi connectivity index (χ3v) is 10.8. The summed E-state index contributed by atoms with van der Waals surface area (Å²) in [6, 6.07) is 0. The van der Waals surface area contributed by atoms with Crippen LogP contribution in [0, 0.1) is 0 Å². The molecule has 0 aromatic carbocycles. The molecule has 0 unspecified atom stereocenters. The van der Waals surface area contributed by atoms with E-state index in [9.17, 15) is 9.59 Å². The fourth-order valence-corrected chi connectivity index (χ4v) is 7.21. The number of hydrogen-bond donors (Lipinski definition) is 5. The van der Waals surface area contributed by atoms with Crippen molar-refractivity contribution in [2.45, 2.75) is 245 Å². The Morgan fingerprint density at radius 3 is 0.963 bits per heavy atom. The maximum atomic E-state index is 12.8. The standard InChI is InChI=1S/C46H96N6O2/c1-3-5-7-9-11-13-15-17-19-21-23-25-27-29-31-37-45(53)50-52(44-36-43-49-41-34-33-40-48-42-35-39-47)51-46(54)38-32-30-28-26-24-22-20-18-16-14-12-10-8-6-4-2/h48-49H,3-44,47H2,1-2H3,(H,50,53)(H,51,54). The average Bonchev–Trinajstić information content (AvgIpc) is 3.16. The Hall–Kier alpha value is -1.22. The Labute approximate surface area is 337 Å². The number of amides is 2. The zero-order valence-electron chi connectivity index (χ0n) is 36.5. The lowest BCUT2D eigenvalue weighted by atomic mass is 10.0. The van der Waals surface area contributed by atoms with Crippen LogP contribution in [-0.2, 0) is 9.59 Å². The third kappa shape index (κ3) is 43.5. The summed E-state index contributed by atoms with van der Waals surface area (Å²) in [5.74, 6) is 0.0131. The molecule has 0 bridgehead atoms. The van der Waals surface area contributed by atoms with Crippen LogP contribution in [0.5, 0.6) is 0 Å². The van der Waals surface area contributed by atoms with Crippen LogP contribution in [0.15, 0.2) is 0 Å². The summed E-state index contributed by atoms with van der Waals surface area (Å²) < 4.78 is 0. The Bertz CT molecular complexity index is 707. The second-order valence-corrected chi connectivity index (χ2v) is 16.3. The first-order valence-electron chi connectivity index (χ1n) is 24.1. The molecule has 0 aromatic rings. The van der Waals surface area contributed by atoms with E-state index in [1.807, 2.05) is 0 Å². The van der Waals surface area contributed by atoms with E-state index < -0.39 is 0 Å². The monoisotopic (exact) mass is 765 g/mol. The molecule has 6 N–H and O–H groups in total. The fraction of sp³-hybridized carbons (Fsp3) is 0.957. The second-order valence-electron chi connectivity index (χ2n) is 16.3. The van der Waals surface area contributed by atoms with Crippen molar-refractivity contribution in [1.29, 1.82) is 0 Å². The number of hydrazine groups is 2. The third-order valence-electron chi connectivity index (χ3n) is 10.8. The van der Waals surface area contributed by atoms with Gasteiger partial charge in [-0.3, -0.25) is 20.4 Å². The number of nitrogens with one attached hydrogen (secondary N) is 4. The Morgan fingerprint density at radius 2 is 0.648 bits per heavy atom. The molecule has 0 radical (unpaired) electrons. The van der Waals surface area contributed by atoms with E-state index in [1.54, 1.807) is 5.12 Å². The molecule has 54 heavy (non-hydrogen) atoms. The number of nitrogens with zero attached hydrogens (tertiary/aromatic N) is 1. The second kappa shape index (κ2) is 46.2. The molecule has 0 fully saturated rings. The van der Waals surface area contributed by atoms with Crippen molar-refractivity contribution < 1.29 is 9.59 Å². The minimum absolute atomic E-state index is 0.00654. The van der Waals surface area contributed by atoms with E-state index in [1.165, 1.54) is 167 Å². The molecule has 2 amide bonds. The highest BCUT2D eigenvalue weighted by molar-refractivity contribution is 5.77. The SMILES string of the molecule is CCCCCCCCCCCCCCCCCC(=O)NN(CCCNCCCCNCCCN)NC(=O)CCCCCCCCCCCCCCCCC. The van der Waals surface area contributed by atoms with Crippen molar-refractivity contribution >= 4 is 11.8 Å². The van der Waals surface area contributed by atoms with Gasteiger partial charge in [0.2, 0.25) is 11.8 Å². The maximum Gasteiger partial charge on any atom is 0.235 e. The molecule has 0 saturated heterocycles. The normalized spacial score (nSPS) is 11.5. The lowest BCUT2D eigenvalue weighted by Crippen LogP contribution is -2.53. The molecule has 0 saturated carbocycles. The zero-order valence-corrected chi connectivity index (χ0v) is 36.5. The highest BCUT2D eigenvalue weighted by atomic mass is 16.2. The summed E-state index contributed by atoms with van der Waals surface area (Å²) in [5.41, 5.74) is 11.6. The highest BCUT2D eigenvalue weighted by Crippen LogP contribution is 2.15. The summed E-state index contributed by atoms with van der Waals surface area (Å²) in [6.45, 7) is 9.78. The summed E-state index contributed by atoms with van der Waals surface area (Å²) in [5, 5.41) is 8.60. The highest BCUT2D eigenvalue weighted by Gasteiger charge is 2.12. The molecule has 322 valence electrons. The Morgan fingerprint density at radius 1 is 0.370 bits per heavy atom. The van der Waals surface area contributed by atoms with Crippen LogP contribution >= 0.6 is 0 Å². The number of unbranched alkanes of at least 4 members (excludes halogenated alkanes) is 29. The van der Waals surface area contributed by atoms with Crippen molar-refractivity contribution in [1.82, 2.24) is 26.6 Å². The van der Waals surface area contributed by atoms with Crippen LogP contribution in [-0.4, -0.2) is 56.2 Å². The van der Waals surface area contributed by atoms with Gasteiger partial charge in [0.1, 0.15) is 0 Å². The lowest BCUT2D eigenvalue weighted by molar-refractivity contribution is -0.134. The molecule has 0 spiro atoms. The first kappa shape index (κ1) is 52.8. The topological polar surface area (TPSA) is 112 Å². The largest absolute Gasteiger partial charge is 0.330 e. The van der Waals surface area contributed by atoms with Crippen molar-refractivity contribution in [3.63, 3.8) is 0 Å². The zero-order chi connectivity index (χ0) is 39.3. The fourth-order valence-electron chi connectivity index (χ4n) is 7.21. The van der Waals surface area contributed by atoms with Gasteiger partial charge in [-0.05, 0) is 71.2 Å². The van der Waals surface area contributed by atoms with Crippen LogP contribution in [0.3, 0.4) is 0 Å². The van der Waals surface area contributed by atoms with Crippen LogP contribution < -0.4 is 27.2 Å². The maximum absolute atomic E-state index is 12.8. The van der Waals surface area contributed by atoms with Gasteiger partial charge in [-0.2, -0.15) is 0 Å². The summed E-state index contributed by atoms with van der Waals surface area (Å²) >= 11 is 0. The van der Waals surface area contributed by atoms with Gasteiger partial charge in [0, 0.05) is 19.4 Å². The van der Waals surface area contributed by atoms with Crippen LogP contribution in [0.2, 0.25) is 0 Å². The minimum atomic E-state index is 0.00654. The minimum Gasteiger partial charge on any atom is -0.330 e. The van der Waals surface area contributed by atoms with Crippen molar-refractivity contribution in [2.24, 2.45) is 5.73 Å². The number of rotatable bonds is 46. The molecular weight excluding hydrogens is 669 g/mol. The van der Waals surface area contributed by atoms with E-state index in [-0.39, 0.29) is 11.8 Å². The summed E-state index contributed by atoms with van der Waals surface area (Å²) in [4.78, 5) is 25.7. The molecule has 0 atom stereocenters. The predicted octanol–water partition coefficient (Wildman–Crippen LogP) is 11.6. The summed E-state index contributed by atoms with van der Waals surface area (Å²) in [7, 11) is 0. The molecule has 0 aromatic heterocycles. The molecule has 8 heteroatoms. The molecule has 0 aliphatic rings. The van der Waals surface area contributed by atoms with Gasteiger partial charge in [-0.25, -0.2) is 0 Å². The predicted molar refractivity (Wildman–Crippen MR) is 235 cm³/mol. The van der Waals surface area contributed by atoms with Gasteiger partial charge < -0.3 is 16.4 Å². The molecule has 0 aliphatic heterocycles. The van der Waals surface area contributed by atoms with Gasteiger partial charge in [0.25, 0.3) is 0 Å². The first-order valence-corrected chi connectivity index (χ1v) is 24.1. The van der Waals surface area contributed by atoms with Crippen LogP contribution in [0.25, 0.3) is 0 Å². The van der Waals surface area contributed by atoms with Gasteiger partial charge in [-0.1, -0.05) is 194 Å². The molecular formula is C46H96N6O2. The average molecular weight is 765 g/mol. The van der Waals surface area contributed by atoms with Crippen molar-refractivity contribution in [3.8, 4) is 0 Å². The number of hydrogen-bond acceptors (Lipinski definition) is 6. The summed E-state index contributed by atoms with van der Waals surface area (Å²) in [6.07, 6.45) is 44.7. The van der Waals surface area contributed by atoms with Crippen LogP contribution in [0.4, 0.5) is 0 Å². The number of carbonyl (C=O) groups is 2. The molecule has 0 rings (SSSR count). The van der Waals surface area contributed by atoms with Gasteiger partial charge >= 0.3 is 0 Å². The van der Waals surface area contributed by atoms with Gasteiger partial charge in [0.15, 0.2) is 0 Å².